The fourth-order valence-corrected chi connectivity index (χ4v) is 3.16. The maximum absolute atomic E-state index is 12.2. The van der Waals surface area contributed by atoms with Crippen LogP contribution in [-0.4, -0.2) is 19.5 Å². The number of sulfonamides is 1. The third kappa shape index (κ3) is 3.32. The summed E-state index contributed by atoms with van der Waals surface area (Å²) >= 11 is 0. The topological polar surface area (TPSA) is 96.6 Å². The Labute approximate surface area is 122 Å². The number of hydrogen-bond donors (Lipinski definition) is 2. The van der Waals surface area contributed by atoms with Crippen molar-refractivity contribution in [3.63, 3.8) is 0 Å². The maximum Gasteiger partial charge on any atom is 0.371 e. The van der Waals surface area contributed by atoms with Crippen molar-refractivity contribution in [2.45, 2.75) is 25.0 Å². The van der Waals surface area contributed by atoms with E-state index in [2.05, 4.69) is 4.72 Å². The summed E-state index contributed by atoms with van der Waals surface area (Å²) in [5.41, 5.74) is 1.80. The molecule has 2 aromatic rings. The highest BCUT2D eigenvalue weighted by Gasteiger charge is 2.24. The molecule has 2 N–H and O–H groups in total. The Morgan fingerprint density at radius 3 is 2.48 bits per heavy atom. The first-order chi connectivity index (χ1) is 9.81. The van der Waals surface area contributed by atoms with Crippen LogP contribution in [0.1, 0.15) is 34.6 Å². The number of nitrogens with one attached hydrogen (secondary N) is 1. The van der Waals surface area contributed by atoms with Gasteiger partial charge in [-0.2, -0.15) is 0 Å². The van der Waals surface area contributed by atoms with Crippen molar-refractivity contribution >= 4 is 16.0 Å². The van der Waals surface area contributed by atoms with E-state index in [0.29, 0.717) is 0 Å². The minimum Gasteiger partial charge on any atom is -0.475 e. The van der Waals surface area contributed by atoms with Gasteiger partial charge in [0.05, 0.1) is 0 Å². The second-order valence-corrected chi connectivity index (χ2v) is 6.27. The molecule has 0 aliphatic heterocycles. The lowest BCUT2D eigenvalue weighted by molar-refractivity contribution is 0.0656. The SMILES string of the molecule is Cc1ccccc1[C@H](C)NS(=O)(=O)c1ccc(C(=O)O)o1. The first-order valence-electron chi connectivity index (χ1n) is 6.22. The van der Waals surface area contributed by atoms with Gasteiger partial charge < -0.3 is 9.52 Å². The molecule has 1 heterocycles. The monoisotopic (exact) mass is 309 g/mol. The van der Waals surface area contributed by atoms with Crippen molar-refractivity contribution < 1.29 is 22.7 Å². The van der Waals surface area contributed by atoms with Crippen molar-refractivity contribution in [2.24, 2.45) is 0 Å². The fourth-order valence-electron chi connectivity index (χ4n) is 2.01. The first kappa shape index (κ1) is 15.3. The lowest BCUT2D eigenvalue weighted by Crippen LogP contribution is -2.27. The van der Waals surface area contributed by atoms with E-state index in [4.69, 9.17) is 9.52 Å². The molecule has 6 nitrogen and oxygen atoms in total. The van der Waals surface area contributed by atoms with E-state index < -0.39 is 32.9 Å². The van der Waals surface area contributed by atoms with Gasteiger partial charge in [0.1, 0.15) is 0 Å². The summed E-state index contributed by atoms with van der Waals surface area (Å²) in [7, 11) is -3.92. The van der Waals surface area contributed by atoms with E-state index in [1.807, 2.05) is 31.2 Å². The summed E-state index contributed by atoms with van der Waals surface area (Å²) in [5, 5.41) is 8.33. The molecular formula is C14H15NO5S. The van der Waals surface area contributed by atoms with E-state index in [0.717, 1.165) is 23.3 Å². The quantitative estimate of drug-likeness (QED) is 0.883. The van der Waals surface area contributed by atoms with Crippen LogP contribution >= 0.6 is 0 Å². The van der Waals surface area contributed by atoms with Gasteiger partial charge in [0, 0.05) is 6.04 Å². The highest BCUT2D eigenvalue weighted by atomic mass is 32.2. The molecule has 1 atom stereocenters. The standard InChI is InChI=1S/C14H15NO5S/c1-9-5-3-4-6-11(9)10(2)15-21(18,19)13-8-7-12(20-13)14(16)17/h3-8,10,15H,1-2H3,(H,16,17)/t10-/m0/s1. The molecule has 0 saturated heterocycles. The number of benzene rings is 1. The Morgan fingerprint density at radius 1 is 1.24 bits per heavy atom. The van der Waals surface area contributed by atoms with Gasteiger partial charge in [0.25, 0.3) is 10.0 Å². The van der Waals surface area contributed by atoms with Crippen molar-refractivity contribution in [1.29, 1.82) is 0 Å². The van der Waals surface area contributed by atoms with Crippen molar-refractivity contribution in [1.82, 2.24) is 4.72 Å². The molecular weight excluding hydrogens is 294 g/mol. The van der Waals surface area contributed by atoms with Gasteiger partial charge in [-0.05, 0) is 37.1 Å². The molecule has 1 aromatic heterocycles. The summed E-state index contributed by atoms with van der Waals surface area (Å²) in [6.45, 7) is 3.59. The number of aryl methyl sites for hydroxylation is 1. The molecule has 2 rings (SSSR count). The van der Waals surface area contributed by atoms with Crippen LogP contribution in [0.5, 0.6) is 0 Å². The van der Waals surface area contributed by atoms with E-state index in [9.17, 15) is 13.2 Å². The molecule has 0 amide bonds. The zero-order valence-electron chi connectivity index (χ0n) is 11.5. The first-order valence-corrected chi connectivity index (χ1v) is 7.70. The van der Waals surface area contributed by atoms with Crippen molar-refractivity contribution in [3.8, 4) is 0 Å². The van der Waals surface area contributed by atoms with Crippen LogP contribution in [0.3, 0.4) is 0 Å². The lowest BCUT2D eigenvalue weighted by atomic mass is 10.0. The molecule has 7 heteroatoms. The second kappa shape index (κ2) is 5.71. The van der Waals surface area contributed by atoms with Crippen LogP contribution < -0.4 is 4.72 Å². The summed E-state index contributed by atoms with van der Waals surface area (Å²) in [5.74, 6) is -1.73. The van der Waals surface area contributed by atoms with E-state index in [1.165, 1.54) is 0 Å². The van der Waals surface area contributed by atoms with Crippen LogP contribution in [0, 0.1) is 6.92 Å². The van der Waals surface area contributed by atoms with Crippen molar-refractivity contribution in [2.75, 3.05) is 0 Å². The Hall–Kier alpha value is -2.12. The summed E-state index contributed by atoms with van der Waals surface area (Å²) in [4.78, 5) is 10.7. The fraction of sp³-hybridized carbons (Fsp3) is 0.214. The Kier molecular flexibility index (Phi) is 4.15. The molecule has 0 bridgehead atoms. The maximum atomic E-state index is 12.2. The normalized spacial score (nSPS) is 13.0. The number of aromatic carboxylic acids is 1. The predicted octanol–water partition coefficient (Wildman–Crippen LogP) is 2.33. The molecule has 0 aliphatic rings. The smallest absolute Gasteiger partial charge is 0.371 e. The van der Waals surface area contributed by atoms with E-state index in [1.54, 1.807) is 6.92 Å². The average Bonchev–Trinajstić information content (AvgIpc) is 2.89. The molecule has 0 spiro atoms. The molecule has 0 unspecified atom stereocenters. The number of furan rings is 1. The van der Waals surface area contributed by atoms with Gasteiger partial charge in [0.2, 0.25) is 10.9 Å². The summed E-state index contributed by atoms with van der Waals surface area (Å²) < 4.78 is 31.6. The Bertz CT molecular complexity index is 763. The second-order valence-electron chi connectivity index (χ2n) is 4.62. The van der Waals surface area contributed by atoms with Crippen LogP contribution in [0.25, 0.3) is 0 Å². The lowest BCUT2D eigenvalue weighted by Gasteiger charge is -2.15. The Morgan fingerprint density at radius 2 is 1.90 bits per heavy atom. The molecule has 1 aromatic carbocycles. The van der Waals surface area contributed by atoms with Crippen LogP contribution in [-0.2, 0) is 10.0 Å². The average molecular weight is 309 g/mol. The highest BCUT2D eigenvalue weighted by Crippen LogP contribution is 2.21. The molecule has 0 radical (unpaired) electrons. The minimum atomic E-state index is -3.92. The van der Waals surface area contributed by atoms with Gasteiger partial charge in [-0.3, -0.25) is 0 Å². The van der Waals surface area contributed by atoms with E-state index in [-0.39, 0.29) is 0 Å². The Balaban J connectivity index is 2.24. The minimum absolute atomic E-state index is 0.416. The zero-order chi connectivity index (χ0) is 15.6. The van der Waals surface area contributed by atoms with Gasteiger partial charge in [0.15, 0.2) is 0 Å². The zero-order valence-corrected chi connectivity index (χ0v) is 12.3. The summed E-state index contributed by atoms with van der Waals surface area (Å²) in [6, 6.07) is 9.16. The third-order valence-electron chi connectivity index (χ3n) is 3.04. The molecule has 112 valence electrons. The largest absolute Gasteiger partial charge is 0.475 e. The number of carbonyl (C=O) groups is 1. The third-order valence-corrected chi connectivity index (χ3v) is 4.46. The van der Waals surface area contributed by atoms with Gasteiger partial charge in [-0.15, -0.1) is 0 Å². The van der Waals surface area contributed by atoms with E-state index >= 15 is 0 Å². The number of carboxylic acids is 1. The number of hydrogen-bond acceptors (Lipinski definition) is 4. The summed E-state index contributed by atoms with van der Waals surface area (Å²) in [6.07, 6.45) is 0. The molecule has 21 heavy (non-hydrogen) atoms. The molecule has 0 aliphatic carbocycles. The number of rotatable bonds is 5. The van der Waals surface area contributed by atoms with Gasteiger partial charge >= 0.3 is 5.97 Å². The molecule has 0 saturated carbocycles. The predicted molar refractivity (Wildman–Crippen MR) is 75.6 cm³/mol. The van der Waals surface area contributed by atoms with Crippen LogP contribution in [0.4, 0.5) is 0 Å². The van der Waals surface area contributed by atoms with Gasteiger partial charge in [-0.1, -0.05) is 24.3 Å². The van der Waals surface area contributed by atoms with Crippen LogP contribution in [0.15, 0.2) is 45.9 Å². The highest BCUT2D eigenvalue weighted by molar-refractivity contribution is 7.89. The van der Waals surface area contributed by atoms with Crippen molar-refractivity contribution in [3.05, 3.63) is 53.3 Å². The molecule has 0 fully saturated rings. The number of carboxylic acid groups (broad SMARTS) is 1. The van der Waals surface area contributed by atoms with Gasteiger partial charge in [-0.25, -0.2) is 17.9 Å². The van der Waals surface area contributed by atoms with Crippen LogP contribution in [0.2, 0.25) is 0 Å².